The fraction of sp³-hybridized carbons (Fsp3) is 0.140. The molecule has 62 heavy (non-hydrogen) atoms. The zero-order chi connectivity index (χ0) is 41.8. The lowest BCUT2D eigenvalue weighted by atomic mass is 9.26. The zero-order valence-corrected chi connectivity index (χ0v) is 36.1. The van der Waals surface area contributed by atoms with Crippen molar-refractivity contribution in [2.75, 3.05) is 4.90 Å². The third-order valence-electron chi connectivity index (χ3n) is 15.1. The quantitative estimate of drug-likeness (QED) is 0.166. The van der Waals surface area contributed by atoms with Crippen LogP contribution in [0.4, 0.5) is 17.1 Å². The summed E-state index contributed by atoms with van der Waals surface area (Å²) in [5.41, 5.74) is 27.5. The summed E-state index contributed by atoms with van der Waals surface area (Å²) in [6.45, 7) is 14.6. The van der Waals surface area contributed by atoms with E-state index in [9.17, 15) is 0 Å². The van der Waals surface area contributed by atoms with Gasteiger partial charge in [-0.1, -0.05) is 166 Å². The number of nitrogens with zero attached hydrogens (tertiary/aromatic N) is 3. The number of aryl methyl sites for hydroxylation is 2. The topological polar surface area (TPSA) is 21.1 Å². The van der Waals surface area contributed by atoms with Gasteiger partial charge in [-0.3, -0.25) is 4.57 Å². The average molecular weight is 794 g/mol. The highest BCUT2D eigenvalue weighted by Gasteiger charge is 2.52. The molecule has 3 nitrogen and oxygen atoms in total. The number of fused-ring (bicyclic) bond motifs is 9. The van der Waals surface area contributed by atoms with Gasteiger partial charge in [-0.2, -0.15) is 0 Å². The number of aromatic nitrogens is 2. The van der Waals surface area contributed by atoms with Crippen molar-refractivity contribution in [1.82, 2.24) is 9.55 Å². The molecule has 0 saturated carbocycles. The van der Waals surface area contributed by atoms with Gasteiger partial charge >= 0.3 is 0 Å². The minimum atomic E-state index is -0.154. The number of imidazole rings is 1. The first kappa shape index (κ1) is 35.9. The van der Waals surface area contributed by atoms with Crippen LogP contribution < -0.4 is 37.7 Å². The second-order valence-electron chi connectivity index (χ2n) is 19.2. The second kappa shape index (κ2) is 12.4. The van der Waals surface area contributed by atoms with E-state index in [-0.39, 0.29) is 24.3 Å². The third kappa shape index (κ3) is 4.56. The highest BCUT2D eigenvalue weighted by Crippen LogP contribution is 2.47. The molecular weight excluding hydrogens is 748 g/mol. The molecule has 13 rings (SSSR count). The smallest absolute Gasteiger partial charge is 0.247 e. The Kier molecular flexibility index (Phi) is 7.17. The predicted molar refractivity (Wildman–Crippen MR) is 263 cm³/mol. The Morgan fingerprint density at radius 3 is 1.55 bits per heavy atom. The minimum Gasteiger partial charge on any atom is -0.313 e. The SMILES string of the molecule is Cc1ccc2c3c1C(C)(C)c1ccccc1B3c1cc(-c3ccc(-c4nc5ccccc5n4-c4ccccc4)cc3)cc3c1N2c1ccc(C)c2c1B3c1ccccc1C2(C)C. The maximum atomic E-state index is 5.21. The van der Waals surface area contributed by atoms with Crippen LogP contribution >= 0.6 is 0 Å². The van der Waals surface area contributed by atoms with Crippen LogP contribution in [0.5, 0.6) is 0 Å². The number of benzene rings is 8. The van der Waals surface area contributed by atoms with Crippen LogP contribution in [-0.4, -0.2) is 23.0 Å². The molecule has 0 unspecified atom stereocenters. The molecule has 0 fully saturated rings. The average Bonchev–Trinajstić information content (AvgIpc) is 3.68. The van der Waals surface area contributed by atoms with E-state index in [1.165, 1.54) is 94.3 Å². The first-order valence-corrected chi connectivity index (χ1v) is 22.2. The minimum absolute atomic E-state index is 0.0980. The fourth-order valence-corrected chi connectivity index (χ4v) is 12.7. The Hall–Kier alpha value is -6.84. The van der Waals surface area contributed by atoms with Crippen molar-refractivity contribution < 1.29 is 0 Å². The molecule has 0 saturated heterocycles. The van der Waals surface area contributed by atoms with Crippen molar-refractivity contribution >= 4 is 74.3 Å². The van der Waals surface area contributed by atoms with Gasteiger partial charge in [-0.15, -0.1) is 0 Å². The van der Waals surface area contributed by atoms with E-state index in [1.807, 2.05) is 0 Å². The Balaban J connectivity index is 1.09. The molecule has 0 bridgehead atoms. The molecule has 0 spiro atoms. The molecule has 5 heteroatoms. The van der Waals surface area contributed by atoms with Crippen molar-refractivity contribution in [3.8, 4) is 28.2 Å². The first-order valence-electron chi connectivity index (χ1n) is 22.2. The van der Waals surface area contributed by atoms with Crippen molar-refractivity contribution in [3.63, 3.8) is 0 Å². The van der Waals surface area contributed by atoms with E-state index in [2.05, 4.69) is 215 Å². The molecule has 0 amide bonds. The van der Waals surface area contributed by atoms with Crippen LogP contribution in [0.2, 0.25) is 0 Å². The summed E-state index contributed by atoms with van der Waals surface area (Å²) >= 11 is 0. The molecule has 4 aliphatic rings. The summed E-state index contributed by atoms with van der Waals surface area (Å²) in [6.07, 6.45) is 0. The Labute approximate surface area is 364 Å². The van der Waals surface area contributed by atoms with Crippen LogP contribution in [0.25, 0.3) is 39.2 Å². The summed E-state index contributed by atoms with van der Waals surface area (Å²) in [5, 5.41) is 0. The Bertz CT molecular complexity index is 3250. The number of para-hydroxylation sites is 3. The Morgan fingerprint density at radius 1 is 0.468 bits per heavy atom. The Morgan fingerprint density at radius 2 is 0.968 bits per heavy atom. The molecule has 294 valence electrons. The van der Waals surface area contributed by atoms with E-state index in [0.717, 1.165) is 28.1 Å². The summed E-state index contributed by atoms with van der Waals surface area (Å²) in [6, 6.07) is 61.6. The first-order chi connectivity index (χ1) is 30.1. The maximum Gasteiger partial charge on any atom is 0.247 e. The molecule has 4 aliphatic heterocycles. The number of hydrogen-bond acceptors (Lipinski definition) is 2. The molecule has 0 aliphatic carbocycles. The third-order valence-corrected chi connectivity index (χ3v) is 15.1. The largest absolute Gasteiger partial charge is 0.313 e. The standard InChI is InChI=1S/C57H45B2N3/c1-34-24-30-48-52-50(34)56(3,4)40-18-10-12-20-42(40)58(52)44-32-38(36-26-28-37(29-27-36)55-60-46-22-14-15-23-47(46)61(55)39-16-8-7-9-17-39)33-45-54(44)62(48)49-31-25-35(2)51-53(49)59(45)43-21-13-11-19-41(43)57(51,5)6/h7-33H,1-6H3. The van der Waals surface area contributed by atoms with E-state index >= 15 is 0 Å². The molecule has 9 aromatic rings. The fourth-order valence-electron chi connectivity index (χ4n) is 12.7. The van der Waals surface area contributed by atoms with Crippen molar-refractivity contribution in [3.05, 3.63) is 197 Å². The van der Waals surface area contributed by atoms with E-state index in [1.54, 1.807) is 0 Å². The van der Waals surface area contributed by atoms with Gasteiger partial charge in [0.05, 0.1) is 11.0 Å². The molecule has 5 heterocycles. The van der Waals surface area contributed by atoms with E-state index in [0.29, 0.717) is 0 Å². The van der Waals surface area contributed by atoms with Gasteiger partial charge in [-0.25, -0.2) is 4.98 Å². The summed E-state index contributed by atoms with van der Waals surface area (Å²) in [7, 11) is 0. The van der Waals surface area contributed by atoms with Gasteiger partial charge in [0.15, 0.2) is 0 Å². The highest BCUT2D eigenvalue weighted by atomic mass is 15.2. The molecule has 0 N–H and O–H groups in total. The van der Waals surface area contributed by atoms with E-state index < -0.39 is 0 Å². The lowest BCUT2D eigenvalue weighted by Crippen LogP contribution is -2.70. The summed E-state index contributed by atoms with van der Waals surface area (Å²) in [4.78, 5) is 7.90. The summed E-state index contributed by atoms with van der Waals surface area (Å²) < 4.78 is 2.29. The lowest BCUT2D eigenvalue weighted by molar-refractivity contribution is 0.640. The van der Waals surface area contributed by atoms with Gasteiger partial charge in [-0.05, 0) is 117 Å². The van der Waals surface area contributed by atoms with Gasteiger partial charge in [0.2, 0.25) is 13.4 Å². The molecule has 1 aromatic heterocycles. The van der Waals surface area contributed by atoms with Crippen molar-refractivity contribution in [2.24, 2.45) is 0 Å². The number of hydrogen-bond donors (Lipinski definition) is 0. The van der Waals surface area contributed by atoms with Gasteiger partial charge < -0.3 is 4.90 Å². The molecule has 0 radical (unpaired) electrons. The normalized spacial score (nSPS) is 15.4. The monoisotopic (exact) mass is 793 g/mol. The number of rotatable bonds is 3. The van der Waals surface area contributed by atoms with Crippen molar-refractivity contribution in [2.45, 2.75) is 52.4 Å². The van der Waals surface area contributed by atoms with E-state index in [4.69, 9.17) is 4.98 Å². The summed E-state index contributed by atoms with van der Waals surface area (Å²) in [5.74, 6) is 0.946. The molecule has 0 atom stereocenters. The van der Waals surface area contributed by atoms with Crippen molar-refractivity contribution in [1.29, 1.82) is 0 Å². The van der Waals surface area contributed by atoms with Crippen LogP contribution in [0.1, 0.15) is 61.1 Å². The van der Waals surface area contributed by atoms with Crippen LogP contribution in [0, 0.1) is 13.8 Å². The lowest BCUT2D eigenvalue weighted by Gasteiger charge is -2.51. The van der Waals surface area contributed by atoms with Gasteiger partial charge in [0, 0.05) is 39.1 Å². The van der Waals surface area contributed by atoms with Crippen LogP contribution in [0.15, 0.2) is 164 Å². The molecular formula is C57H45B2N3. The molecule has 8 aromatic carbocycles. The predicted octanol–water partition coefficient (Wildman–Crippen LogP) is 9.38. The maximum absolute atomic E-state index is 5.21. The highest BCUT2D eigenvalue weighted by molar-refractivity contribution is 7.03. The second-order valence-corrected chi connectivity index (χ2v) is 19.2. The van der Waals surface area contributed by atoms with Crippen LogP contribution in [0.3, 0.4) is 0 Å². The van der Waals surface area contributed by atoms with Gasteiger partial charge in [0.25, 0.3) is 0 Å². The van der Waals surface area contributed by atoms with Crippen LogP contribution in [-0.2, 0) is 10.8 Å². The van der Waals surface area contributed by atoms with Gasteiger partial charge in [0.1, 0.15) is 5.82 Å². The zero-order valence-electron chi connectivity index (χ0n) is 36.1. The number of anilines is 3.